The second-order valence-electron chi connectivity index (χ2n) is 5.62. The van der Waals surface area contributed by atoms with Gasteiger partial charge < -0.3 is 4.57 Å². The minimum absolute atomic E-state index is 0.0626. The molecule has 10 heteroatoms. The van der Waals surface area contributed by atoms with Gasteiger partial charge in [-0.05, 0) is 6.92 Å². The first-order valence-electron chi connectivity index (χ1n) is 7.89. The number of amides is 2. The van der Waals surface area contributed by atoms with Gasteiger partial charge in [-0.15, -0.1) is 11.3 Å². The van der Waals surface area contributed by atoms with Crippen molar-refractivity contribution in [2.75, 3.05) is 0 Å². The summed E-state index contributed by atoms with van der Waals surface area (Å²) in [4.78, 5) is 33.3. The van der Waals surface area contributed by atoms with Crippen molar-refractivity contribution in [2.45, 2.75) is 19.9 Å². The number of imidazole rings is 1. The van der Waals surface area contributed by atoms with Crippen molar-refractivity contribution >= 4 is 46.4 Å². The summed E-state index contributed by atoms with van der Waals surface area (Å²) in [5, 5.41) is 1.12. The molecule has 27 heavy (non-hydrogen) atoms. The molecule has 0 atom stereocenters. The molecule has 0 fully saturated rings. The van der Waals surface area contributed by atoms with Gasteiger partial charge in [0.25, 0.3) is 5.91 Å². The third kappa shape index (κ3) is 4.85. The van der Waals surface area contributed by atoms with Crippen molar-refractivity contribution in [3.8, 4) is 10.6 Å². The highest BCUT2D eigenvalue weighted by atomic mass is 35.5. The average molecular weight is 424 g/mol. The predicted molar refractivity (Wildman–Crippen MR) is 105 cm³/mol. The minimum atomic E-state index is -0.459. The van der Waals surface area contributed by atoms with E-state index in [0.29, 0.717) is 5.69 Å². The van der Waals surface area contributed by atoms with Crippen molar-refractivity contribution < 1.29 is 9.59 Å². The number of halogens is 2. The van der Waals surface area contributed by atoms with Crippen LogP contribution in [-0.4, -0.2) is 26.3 Å². The lowest BCUT2D eigenvalue weighted by Crippen LogP contribution is -2.43. The molecular formula is C17H15Cl2N5O2S. The maximum Gasteiger partial charge on any atom is 0.258 e. The Hall–Kier alpha value is -2.42. The van der Waals surface area contributed by atoms with E-state index < -0.39 is 5.91 Å². The average Bonchev–Trinajstić information content (AvgIpc) is 3.18. The molecule has 0 radical (unpaired) electrons. The Morgan fingerprint density at radius 2 is 1.85 bits per heavy atom. The topological polar surface area (TPSA) is 88.9 Å². The highest BCUT2D eigenvalue weighted by Gasteiger charge is 2.14. The van der Waals surface area contributed by atoms with Crippen LogP contribution < -0.4 is 10.9 Å². The minimum Gasteiger partial charge on any atom is -0.311 e. The number of nitrogens with zero attached hydrogens (tertiary/aromatic N) is 3. The third-order valence-corrected chi connectivity index (χ3v) is 5.46. The molecule has 0 saturated carbocycles. The number of nitrogens with one attached hydrogen (secondary N) is 2. The van der Waals surface area contributed by atoms with Gasteiger partial charge in [-0.1, -0.05) is 53.5 Å². The largest absolute Gasteiger partial charge is 0.311 e. The Labute approximate surface area is 169 Å². The van der Waals surface area contributed by atoms with E-state index in [-0.39, 0.29) is 29.2 Å². The lowest BCUT2D eigenvalue weighted by molar-refractivity contribution is -0.128. The molecule has 3 aromatic rings. The van der Waals surface area contributed by atoms with E-state index in [1.807, 2.05) is 37.3 Å². The van der Waals surface area contributed by atoms with Gasteiger partial charge in [0.2, 0.25) is 5.91 Å². The molecule has 0 aliphatic heterocycles. The molecule has 0 spiro atoms. The van der Waals surface area contributed by atoms with Crippen molar-refractivity contribution in [3.63, 3.8) is 0 Å². The number of aryl methyl sites for hydroxylation is 1. The van der Waals surface area contributed by atoms with E-state index in [9.17, 15) is 9.59 Å². The number of aromatic nitrogens is 3. The molecular weight excluding hydrogens is 409 g/mol. The van der Waals surface area contributed by atoms with Gasteiger partial charge in [-0.2, -0.15) is 0 Å². The second kappa shape index (κ2) is 8.51. The van der Waals surface area contributed by atoms with Gasteiger partial charge in [-0.3, -0.25) is 20.4 Å². The van der Waals surface area contributed by atoms with Crippen LogP contribution in [0.1, 0.15) is 10.6 Å². The summed E-state index contributed by atoms with van der Waals surface area (Å²) in [6.07, 6.45) is 1.41. The van der Waals surface area contributed by atoms with E-state index in [1.54, 1.807) is 0 Å². The van der Waals surface area contributed by atoms with E-state index in [4.69, 9.17) is 23.2 Å². The zero-order valence-electron chi connectivity index (χ0n) is 14.2. The van der Waals surface area contributed by atoms with E-state index in [2.05, 4.69) is 20.8 Å². The Balaban J connectivity index is 1.54. The molecule has 2 heterocycles. The normalized spacial score (nSPS) is 10.6. The zero-order valence-corrected chi connectivity index (χ0v) is 16.5. The Morgan fingerprint density at radius 1 is 1.15 bits per heavy atom. The maximum atomic E-state index is 12.1. The summed E-state index contributed by atoms with van der Waals surface area (Å²) < 4.78 is 1.36. The van der Waals surface area contributed by atoms with Gasteiger partial charge in [0.15, 0.2) is 5.15 Å². The zero-order chi connectivity index (χ0) is 19.4. The van der Waals surface area contributed by atoms with Gasteiger partial charge in [0.1, 0.15) is 16.7 Å². The number of hydrogen-bond acceptors (Lipinski definition) is 5. The molecule has 3 rings (SSSR count). The highest BCUT2D eigenvalue weighted by Crippen LogP contribution is 2.27. The fraction of sp³-hybridized carbons (Fsp3) is 0.176. The Kier molecular flexibility index (Phi) is 6.10. The van der Waals surface area contributed by atoms with Gasteiger partial charge >= 0.3 is 0 Å². The van der Waals surface area contributed by atoms with Crippen LogP contribution in [0.5, 0.6) is 0 Å². The lowest BCUT2D eigenvalue weighted by Gasteiger charge is -2.08. The second-order valence-corrected chi connectivity index (χ2v) is 7.53. The van der Waals surface area contributed by atoms with Crippen molar-refractivity contribution in [1.82, 2.24) is 25.4 Å². The molecule has 0 saturated heterocycles. The number of hydrazine groups is 1. The molecule has 0 aliphatic carbocycles. The molecule has 1 aromatic carbocycles. The van der Waals surface area contributed by atoms with Gasteiger partial charge in [0.05, 0.1) is 18.4 Å². The van der Waals surface area contributed by atoms with Crippen LogP contribution in [0.15, 0.2) is 36.7 Å². The predicted octanol–water partition coefficient (Wildman–Crippen LogP) is 3.01. The van der Waals surface area contributed by atoms with Crippen LogP contribution in [0, 0.1) is 6.92 Å². The third-order valence-electron chi connectivity index (χ3n) is 3.63. The number of benzene rings is 1. The van der Waals surface area contributed by atoms with E-state index >= 15 is 0 Å². The molecule has 2 aromatic heterocycles. The number of carbonyl (C=O) groups is 2. The van der Waals surface area contributed by atoms with E-state index in [1.165, 1.54) is 22.2 Å². The van der Waals surface area contributed by atoms with Crippen LogP contribution in [0.2, 0.25) is 10.3 Å². The summed E-state index contributed by atoms with van der Waals surface area (Å²) in [6.45, 7) is 1.79. The van der Waals surface area contributed by atoms with Crippen LogP contribution >= 0.6 is 34.5 Å². The van der Waals surface area contributed by atoms with Crippen LogP contribution in [0.25, 0.3) is 10.6 Å². The number of thiazole rings is 1. The number of rotatable bonds is 5. The summed E-state index contributed by atoms with van der Waals surface area (Å²) in [5.74, 6) is -0.828. The molecule has 2 amide bonds. The molecule has 0 bridgehead atoms. The van der Waals surface area contributed by atoms with E-state index in [0.717, 1.165) is 15.4 Å². The summed E-state index contributed by atoms with van der Waals surface area (Å²) in [5.41, 5.74) is 6.38. The van der Waals surface area contributed by atoms with Crippen molar-refractivity contribution in [3.05, 3.63) is 57.5 Å². The summed E-state index contributed by atoms with van der Waals surface area (Å²) in [6, 6.07) is 9.75. The fourth-order valence-corrected chi connectivity index (χ4v) is 3.52. The van der Waals surface area contributed by atoms with Crippen LogP contribution in [-0.2, 0) is 22.6 Å². The quantitative estimate of drug-likeness (QED) is 0.617. The Bertz CT molecular complexity index is 971. The molecule has 2 N–H and O–H groups in total. The van der Waals surface area contributed by atoms with Crippen LogP contribution in [0.4, 0.5) is 0 Å². The number of carbonyl (C=O) groups excluding carboxylic acids is 2. The first-order valence-corrected chi connectivity index (χ1v) is 9.47. The lowest BCUT2D eigenvalue weighted by atomic mass is 10.2. The fourth-order valence-electron chi connectivity index (χ4n) is 2.28. The molecule has 7 nitrogen and oxygen atoms in total. The molecule has 0 aliphatic rings. The summed E-state index contributed by atoms with van der Waals surface area (Å²) >= 11 is 13.1. The molecule has 140 valence electrons. The smallest absolute Gasteiger partial charge is 0.258 e. The number of hydrogen-bond donors (Lipinski definition) is 2. The van der Waals surface area contributed by atoms with Crippen LogP contribution in [0.3, 0.4) is 0 Å². The van der Waals surface area contributed by atoms with Gasteiger partial charge in [0, 0.05) is 10.4 Å². The first-order chi connectivity index (χ1) is 12.9. The van der Waals surface area contributed by atoms with Gasteiger partial charge in [-0.25, -0.2) is 9.97 Å². The SMILES string of the molecule is Cc1sc(-c2ccccc2)nc1CC(=O)NNC(=O)Cn1cnc(Cl)c1Cl. The standard InChI is InChI=1S/C17H15Cl2N5O2S/c1-10-12(21-17(27-10)11-5-3-2-4-6-11)7-13(25)22-23-14(26)8-24-9-20-15(18)16(24)19/h2-6,9H,7-8H2,1H3,(H,22,25)(H,23,26). The maximum absolute atomic E-state index is 12.1. The highest BCUT2D eigenvalue weighted by molar-refractivity contribution is 7.15. The molecule has 0 unspecified atom stereocenters. The van der Waals surface area contributed by atoms with Crippen molar-refractivity contribution in [2.24, 2.45) is 0 Å². The first kappa shape index (κ1) is 19.3. The Morgan fingerprint density at radius 3 is 2.52 bits per heavy atom. The van der Waals surface area contributed by atoms with Crippen molar-refractivity contribution in [1.29, 1.82) is 0 Å². The monoisotopic (exact) mass is 423 g/mol. The summed E-state index contributed by atoms with van der Waals surface area (Å²) in [7, 11) is 0.